The first-order chi connectivity index (χ1) is 11.7. The van der Waals surface area contributed by atoms with Gasteiger partial charge in [-0.15, -0.1) is 0 Å². The molecule has 0 aromatic heterocycles. The quantitative estimate of drug-likeness (QED) is 0.458. The van der Waals surface area contributed by atoms with Gasteiger partial charge in [-0.05, 0) is 13.3 Å². The minimum atomic E-state index is -0.981. The van der Waals surface area contributed by atoms with E-state index in [0.717, 1.165) is 6.08 Å². The lowest BCUT2D eigenvalue weighted by atomic mass is 10.2. The maximum atomic E-state index is 9.83. The van der Waals surface area contributed by atoms with E-state index in [2.05, 4.69) is 32.9 Å². The smallest absolute Gasteiger partial charge is 0.330 e. The van der Waals surface area contributed by atoms with Gasteiger partial charge in [-0.3, -0.25) is 0 Å². The van der Waals surface area contributed by atoms with Crippen LogP contribution in [0.1, 0.15) is 20.3 Å². The van der Waals surface area contributed by atoms with Crippen LogP contribution in [-0.2, 0) is 14.4 Å². The normalized spacial score (nSPS) is 6.73. The number of halogens is 2. The Labute approximate surface area is 163 Å². The summed E-state index contributed by atoms with van der Waals surface area (Å²) < 4.78 is 0.111. The lowest BCUT2D eigenvalue weighted by molar-refractivity contribution is -0.133. The molecule has 3 N–H and O–H groups in total. The Morgan fingerprint density at radius 3 is 1.27 bits per heavy atom. The average molecular weight is 408 g/mol. The molecule has 0 aliphatic rings. The van der Waals surface area contributed by atoms with Gasteiger partial charge < -0.3 is 15.3 Å². The molecule has 9 heteroatoms. The van der Waals surface area contributed by atoms with Gasteiger partial charge in [0.15, 0.2) is 0 Å². The van der Waals surface area contributed by atoms with Gasteiger partial charge in [-0.1, -0.05) is 63.0 Å². The van der Waals surface area contributed by atoms with Crippen molar-refractivity contribution < 1.29 is 29.7 Å². The summed E-state index contributed by atoms with van der Waals surface area (Å²) in [5.74, 6) is -2.82. The van der Waals surface area contributed by atoms with Gasteiger partial charge >= 0.3 is 17.9 Å². The molecule has 0 amide bonds. The van der Waals surface area contributed by atoms with Crippen molar-refractivity contribution in [3.05, 3.63) is 60.7 Å². The fraction of sp³-hybridized carbons (Fsp3) is 0.176. The summed E-state index contributed by atoms with van der Waals surface area (Å²) in [6.45, 7) is 18.8. The lowest BCUT2D eigenvalue weighted by Gasteiger charge is -1.87. The predicted octanol–water partition coefficient (Wildman–Crippen LogP) is 4.57. The summed E-state index contributed by atoms with van der Waals surface area (Å²) in [6, 6.07) is 1.69. The number of carboxylic acids is 3. The average Bonchev–Trinajstić information content (AvgIpc) is 2.54. The summed E-state index contributed by atoms with van der Waals surface area (Å²) >= 11 is 9.69. The molecule has 0 aromatic carbocycles. The number of hydrogen-bond donors (Lipinski definition) is 3. The van der Waals surface area contributed by atoms with Crippen LogP contribution >= 0.6 is 23.2 Å². The van der Waals surface area contributed by atoms with E-state index < -0.39 is 17.9 Å². The van der Waals surface area contributed by atoms with Gasteiger partial charge in [0.1, 0.15) is 0 Å². The van der Waals surface area contributed by atoms with Crippen molar-refractivity contribution >= 4 is 41.1 Å². The van der Waals surface area contributed by atoms with E-state index in [9.17, 15) is 14.4 Å². The molecule has 146 valence electrons. The predicted molar refractivity (Wildman–Crippen MR) is 104 cm³/mol. The van der Waals surface area contributed by atoms with Crippen molar-refractivity contribution in [2.24, 2.45) is 0 Å². The van der Waals surface area contributed by atoms with Gasteiger partial charge in [0, 0.05) is 23.3 Å². The Morgan fingerprint density at radius 2 is 1.27 bits per heavy atom. The Bertz CT molecular complexity index is 532. The second-order valence-electron chi connectivity index (χ2n) is 3.56. The van der Waals surface area contributed by atoms with Crippen LogP contribution in [0.15, 0.2) is 60.7 Å². The SMILES string of the molecule is C=C(C)C(=O)O.C=C(CC)C(=O)O.C=C(Cl)Cl.C=CC#N.C=CC(=O)O. The van der Waals surface area contributed by atoms with Crippen LogP contribution in [0.4, 0.5) is 0 Å². The number of nitriles is 1. The number of carbonyl (C=O) groups is 3. The number of hydrogen-bond acceptors (Lipinski definition) is 4. The molecule has 7 nitrogen and oxygen atoms in total. The molecule has 0 fully saturated rings. The van der Waals surface area contributed by atoms with E-state index in [1.165, 1.54) is 13.0 Å². The molecule has 0 rings (SSSR count). The Kier molecular flexibility index (Phi) is 35.9. The molecule has 0 atom stereocenters. The van der Waals surface area contributed by atoms with Crippen LogP contribution in [0.3, 0.4) is 0 Å². The zero-order chi connectivity index (χ0) is 22.3. The fourth-order valence-corrected chi connectivity index (χ4v) is 0.151. The lowest BCUT2D eigenvalue weighted by Crippen LogP contribution is -1.95. The number of aliphatic carboxylic acids is 3. The summed E-state index contributed by atoms with van der Waals surface area (Å²) in [7, 11) is 0. The van der Waals surface area contributed by atoms with Gasteiger partial charge in [-0.2, -0.15) is 5.26 Å². The van der Waals surface area contributed by atoms with Gasteiger partial charge in [0.2, 0.25) is 0 Å². The molecule has 0 heterocycles. The summed E-state index contributed by atoms with van der Waals surface area (Å²) in [4.78, 5) is 28.7. The molecule has 0 radical (unpaired) electrons. The minimum absolute atomic E-state index is 0.111. The highest BCUT2D eigenvalue weighted by atomic mass is 35.5. The maximum absolute atomic E-state index is 9.83. The standard InChI is InChI=1S/C5H8O2.C4H6O2.C3H3N.C3H4O2.C2H2Cl2/c1-3-4(2)5(6)7;1-3(2)4(5)6;1-2-3-4;1-2-3(4)5;1-2(3)4/h2-3H2,1H3,(H,6,7);1H2,2H3,(H,5,6);2H,1H2;2H,1H2,(H,4,5);1H2. The molecule has 0 saturated heterocycles. The van der Waals surface area contributed by atoms with Crippen molar-refractivity contribution in [2.45, 2.75) is 20.3 Å². The molecule has 0 aliphatic carbocycles. The van der Waals surface area contributed by atoms with E-state index in [1.54, 1.807) is 13.0 Å². The number of carboxylic acid groups (broad SMARTS) is 3. The molecule has 0 saturated carbocycles. The zero-order valence-electron chi connectivity index (χ0n) is 14.7. The second kappa shape index (κ2) is 27.0. The topological polar surface area (TPSA) is 136 Å². The summed E-state index contributed by atoms with van der Waals surface area (Å²) in [5, 5.41) is 31.1. The highest BCUT2D eigenvalue weighted by molar-refractivity contribution is 6.55. The molecule has 0 aromatic rings. The second-order valence-corrected chi connectivity index (χ2v) is 4.67. The van der Waals surface area contributed by atoms with Crippen LogP contribution < -0.4 is 0 Å². The fourth-order valence-electron chi connectivity index (χ4n) is 0.151. The number of nitrogens with zero attached hydrogens (tertiary/aromatic N) is 1. The summed E-state index contributed by atoms with van der Waals surface area (Å²) in [5.41, 5.74) is 0.440. The molecule has 0 bridgehead atoms. The van der Waals surface area contributed by atoms with E-state index in [0.29, 0.717) is 6.42 Å². The third kappa shape index (κ3) is 83.2. The number of rotatable bonds is 4. The highest BCUT2D eigenvalue weighted by Gasteiger charge is 1.96. The van der Waals surface area contributed by atoms with Crippen molar-refractivity contribution in [3.63, 3.8) is 0 Å². The van der Waals surface area contributed by atoms with Gasteiger partial charge in [0.25, 0.3) is 0 Å². The molecule has 0 unspecified atom stereocenters. The molecule has 26 heavy (non-hydrogen) atoms. The first-order valence-electron chi connectivity index (χ1n) is 6.40. The Hall–Kier alpha value is -2.82. The van der Waals surface area contributed by atoms with Crippen molar-refractivity contribution in [3.8, 4) is 6.07 Å². The van der Waals surface area contributed by atoms with Crippen molar-refractivity contribution in [1.82, 2.24) is 0 Å². The minimum Gasteiger partial charge on any atom is -0.478 e. The molecular formula is C17H23Cl2NO6. The van der Waals surface area contributed by atoms with E-state index in [-0.39, 0.29) is 15.6 Å². The van der Waals surface area contributed by atoms with Crippen LogP contribution in [0.25, 0.3) is 0 Å². The third-order valence-electron chi connectivity index (χ3n) is 1.36. The Balaban J connectivity index is -0.0000000720. The monoisotopic (exact) mass is 407 g/mol. The zero-order valence-corrected chi connectivity index (χ0v) is 16.2. The third-order valence-corrected chi connectivity index (χ3v) is 1.36. The molecule has 0 spiro atoms. The van der Waals surface area contributed by atoms with Crippen molar-refractivity contribution in [1.29, 1.82) is 5.26 Å². The van der Waals surface area contributed by atoms with Crippen LogP contribution in [0, 0.1) is 11.3 Å². The molecular weight excluding hydrogens is 385 g/mol. The van der Waals surface area contributed by atoms with Crippen LogP contribution in [0.2, 0.25) is 0 Å². The van der Waals surface area contributed by atoms with Crippen molar-refractivity contribution in [2.75, 3.05) is 0 Å². The van der Waals surface area contributed by atoms with Crippen LogP contribution in [-0.4, -0.2) is 33.2 Å². The Morgan fingerprint density at radius 1 is 1.04 bits per heavy atom. The summed E-state index contributed by atoms with van der Waals surface area (Å²) in [6.07, 6.45) is 2.54. The van der Waals surface area contributed by atoms with E-state index in [1.807, 2.05) is 0 Å². The first-order valence-corrected chi connectivity index (χ1v) is 7.16. The van der Waals surface area contributed by atoms with Crippen LogP contribution in [0.5, 0.6) is 0 Å². The van der Waals surface area contributed by atoms with Gasteiger partial charge in [0.05, 0.1) is 10.6 Å². The first kappa shape index (κ1) is 34.5. The van der Waals surface area contributed by atoms with Gasteiger partial charge in [-0.25, -0.2) is 14.4 Å². The largest absolute Gasteiger partial charge is 0.478 e. The number of allylic oxidation sites excluding steroid dienone is 1. The maximum Gasteiger partial charge on any atom is 0.330 e. The highest BCUT2D eigenvalue weighted by Crippen LogP contribution is 1.98. The van der Waals surface area contributed by atoms with E-state index >= 15 is 0 Å². The van der Waals surface area contributed by atoms with E-state index in [4.69, 9.17) is 43.8 Å². The molecule has 0 aliphatic heterocycles.